The molecule has 0 radical (unpaired) electrons. The summed E-state index contributed by atoms with van der Waals surface area (Å²) in [6.07, 6.45) is 3.42. The number of fused-ring (bicyclic) bond motifs is 3. The predicted octanol–water partition coefficient (Wildman–Crippen LogP) is 4.63. The van der Waals surface area contributed by atoms with Crippen molar-refractivity contribution in [2.45, 2.75) is 27.7 Å². The van der Waals surface area contributed by atoms with Gasteiger partial charge >= 0.3 is 0 Å². The van der Waals surface area contributed by atoms with E-state index < -0.39 is 0 Å². The first-order chi connectivity index (χ1) is 16.6. The summed E-state index contributed by atoms with van der Waals surface area (Å²) in [7, 11) is 0. The van der Waals surface area contributed by atoms with Gasteiger partial charge in [0.15, 0.2) is 28.6 Å². The fourth-order valence-corrected chi connectivity index (χ4v) is 3.84. The number of ether oxygens (including phenoxy) is 3. The molecule has 0 bridgehead atoms. The van der Waals surface area contributed by atoms with Crippen LogP contribution in [0.1, 0.15) is 26.3 Å². The van der Waals surface area contributed by atoms with Crippen molar-refractivity contribution >= 4 is 16.7 Å². The van der Waals surface area contributed by atoms with Crippen molar-refractivity contribution in [2.75, 3.05) is 19.8 Å². The van der Waals surface area contributed by atoms with Crippen LogP contribution in [-0.4, -0.2) is 49.2 Å². The topological polar surface area (TPSA) is 88.6 Å². The van der Waals surface area contributed by atoms with Crippen molar-refractivity contribution < 1.29 is 14.2 Å². The Balaban J connectivity index is 1.63. The number of hydrogen-bond acceptors (Lipinski definition) is 7. The van der Waals surface area contributed by atoms with Gasteiger partial charge in [0, 0.05) is 5.56 Å². The maximum atomic E-state index is 5.85. The third-order valence-electron chi connectivity index (χ3n) is 5.35. The smallest absolute Gasteiger partial charge is 0.203 e. The third kappa shape index (κ3) is 3.79. The lowest BCUT2D eigenvalue weighted by Crippen LogP contribution is -2.03. The summed E-state index contributed by atoms with van der Waals surface area (Å²) >= 11 is 0. The summed E-state index contributed by atoms with van der Waals surface area (Å²) < 4.78 is 21.0. The molecular formula is C25H26N6O3. The average molecular weight is 459 g/mol. The predicted molar refractivity (Wildman–Crippen MR) is 129 cm³/mol. The summed E-state index contributed by atoms with van der Waals surface area (Å²) in [4.78, 5) is 9.42. The minimum Gasteiger partial charge on any atom is -0.490 e. The van der Waals surface area contributed by atoms with Gasteiger partial charge in [0.25, 0.3) is 0 Å². The molecule has 3 heterocycles. The lowest BCUT2D eigenvalue weighted by Gasteiger charge is -2.16. The molecule has 3 aromatic heterocycles. The van der Waals surface area contributed by atoms with E-state index in [4.69, 9.17) is 19.2 Å². The molecule has 5 aromatic rings. The molecule has 34 heavy (non-hydrogen) atoms. The minimum atomic E-state index is 0.496. The molecule has 0 N–H and O–H groups in total. The summed E-state index contributed by atoms with van der Waals surface area (Å²) in [6, 6.07) is 11.9. The Labute approximate surface area is 196 Å². The number of aromatic nitrogens is 6. The van der Waals surface area contributed by atoms with E-state index in [-0.39, 0.29) is 0 Å². The highest BCUT2D eigenvalue weighted by atomic mass is 16.5. The maximum absolute atomic E-state index is 5.85. The van der Waals surface area contributed by atoms with E-state index >= 15 is 0 Å². The lowest BCUT2D eigenvalue weighted by atomic mass is 10.1. The van der Waals surface area contributed by atoms with E-state index in [0.29, 0.717) is 54.2 Å². The first-order valence-corrected chi connectivity index (χ1v) is 11.4. The highest BCUT2D eigenvalue weighted by molar-refractivity contribution is 5.90. The molecular weight excluding hydrogens is 432 g/mol. The van der Waals surface area contributed by atoms with Crippen molar-refractivity contribution in [3.8, 4) is 34.3 Å². The van der Waals surface area contributed by atoms with Crippen molar-refractivity contribution in [3.63, 3.8) is 0 Å². The van der Waals surface area contributed by atoms with Gasteiger partial charge < -0.3 is 14.2 Å². The molecule has 9 nitrogen and oxygen atoms in total. The van der Waals surface area contributed by atoms with Crippen LogP contribution in [-0.2, 0) is 0 Å². The molecule has 0 spiro atoms. The first kappa shape index (κ1) is 21.7. The van der Waals surface area contributed by atoms with Crippen LogP contribution < -0.4 is 14.2 Å². The van der Waals surface area contributed by atoms with Gasteiger partial charge in [-0.1, -0.05) is 17.7 Å². The van der Waals surface area contributed by atoms with Crippen LogP contribution >= 0.6 is 0 Å². The number of hydrogen-bond donors (Lipinski definition) is 0. The maximum Gasteiger partial charge on any atom is 0.203 e. The Morgan fingerprint density at radius 1 is 0.853 bits per heavy atom. The van der Waals surface area contributed by atoms with Crippen LogP contribution in [0.3, 0.4) is 0 Å². The van der Waals surface area contributed by atoms with Crippen molar-refractivity contribution in [1.82, 2.24) is 29.4 Å². The second-order valence-corrected chi connectivity index (χ2v) is 7.68. The van der Waals surface area contributed by atoms with Crippen LogP contribution in [0, 0.1) is 6.92 Å². The molecule has 9 heteroatoms. The fraction of sp³-hybridized carbons (Fsp3) is 0.280. The Morgan fingerprint density at radius 3 is 2.18 bits per heavy atom. The van der Waals surface area contributed by atoms with Crippen LogP contribution in [0.15, 0.2) is 48.9 Å². The van der Waals surface area contributed by atoms with Gasteiger partial charge in [-0.2, -0.15) is 5.10 Å². The monoisotopic (exact) mass is 458 g/mol. The van der Waals surface area contributed by atoms with Crippen molar-refractivity contribution in [3.05, 3.63) is 54.5 Å². The van der Waals surface area contributed by atoms with Gasteiger partial charge in [-0.25, -0.2) is 19.2 Å². The zero-order valence-electron chi connectivity index (χ0n) is 19.6. The standard InChI is InChI=1S/C25H26N6O3/c1-5-32-20-12-17(13-21(33-6-2)22(20)34-7-3)23-28-25-19-14-27-31(18-10-8-16(4)9-11-18)24(19)26-15-30(25)29-23/h8-15H,5-7H2,1-4H3. The molecule has 0 saturated carbocycles. The number of rotatable bonds is 8. The molecule has 2 aromatic carbocycles. The minimum absolute atomic E-state index is 0.496. The molecule has 0 aliphatic carbocycles. The van der Waals surface area contributed by atoms with Gasteiger partial charge in [-0.3, -0.25) is 0 Å². The normalized spacial score (nSPS) is 11.3. The summed E-state index contributed by atoms with van der Waals surface area (Å²) in [5.74, 6) is 2.31. The van der Waals surface area contributed by atoms with E-state index in [2.05, 4.69) is 22.1 Å². The first-order valence-electron chi connectivity index (χ1n) is 11.4. The van der Waals surface area contributed by atoms with Crippen LogP contribution in [0.4, 0.5) is 0 Å². The number of nitrogens with zero attached hydrogens (tertiary/aromatic N) is 6. The second kappa shape index (κ2) is 9.01. The van der Waals surface area contributed by atoms with Crippen LogP contribution in [0.25, 0.3) is 33.8 Å². The molecule has 0 amide bonds. The summed E-state index contributed by atoms with van der Waals surface area (Å²) in [5.41, 5.74) is 4.27. The average Bonchev–Trinajstić information content (AvgIpc) is 3.46. The molecule has 0 fully saturated rings. The lowest BCUT2D eigenvalue weighted by molar-refractivity contribution is 0.261. The highest BCUT2D eigenvalue weighted by Crippen LogP contribution is 2.41. The van der Waals surface area contributed by atoms with E-state index in [9.17, 15) is 0 Å². The third-order valence-corrected chi connectivity index (χ3v) is 5.35. The summed E-state index contributed by atoms with van der Waals surface area (Å²) in [5, 5.41) is 10.0. The molecule has 0 aliphatic rings. The van der Waals surface area contributed by atoms with E-state index in [1.54, 1.807) is 21.7 Å². The van der Waals surface area contributed by atoms with Crippen LogP contribution in [0.2, 0.25) is 0 Å². The molecule has 0 saturated heterocycles. The molecule has 0 atom stereocenters. The Hall–Kier alpha value is -4.14. The number of aryl methyl sites for hydroxylation is 1. The van der Waals surface area contributed by atoms with Crippen molar-refractivity contribution in [2.24, 2.45) is 0 Å². The Kier molecular flexibility index (Phi) is 5.75. The van der Waals surface area contributed by atoms with Gasteiger partial charge in [-0.15, -0.1) is 5.10 Å². The van der Waals surface area contributed by atoms with E-state index in [1.807, 2.05) is 57.2 Å². The SMILES string of the molecule is CCOc1cc(-c2nc3c4cnn(-c5ccc(C)cc5)c4ncn3n2)cc(OCC)c1OCC. The van der Waals surface area contributed by atoms with Gasteiger partial charge in [0.05, 0.1) is 37.1 Å². The quantitative estimate of drug-likeness (QED) is 0.335. The number of benzene rings is 2. The Morgan fingerprint density at radius 2 is 1.53 bits per heavy atom. The highest BCUT2D eigenvalue weighted by Gasteiger charge is 2.19. The van der Waals surface area contributed by atoms with Gasteiger partial charge in [0.1, 0.15) is 6.33 Å². The summed E-state index contributed by atoms with van der Waals surface area (Å²) in [6.45, 7) is 9.34. The van der Waals surface area contributed by atoms with E-state index in [0.717, 1.165) is 16.6 Å². The van der Waals surface area contributed by atoms with E-state index in [1.165, 1.54) is 5.56 Å². The molecule has 0 unspecified atom stereocenters. The Bertz CT molecular complexity index is 1430. The molecule has 5 rings (SSSR count). The molecule has 0 aliphatic heterocycles. The molecule has 174 valence electrons. The largest absolute Gasteiger partial charge is 0.490 e. The zero-order valence-corrected chi connectivity index (χ0v) is 19.6. The fourth-order valence-electron chi connectivity index (χ4n) is 3.84. The van der Waals surface area contributed by atoms with Gasteiger partial charge in [0.2, 0.25) is 5.75 Å². The zero-order chi connectivity index (χ0) is 23.7. The van der Waals surface area contributed by atoms with Crippen molar-refractivity contribution in [1.29, 1.82) is 0 Å². The second-order valence-electron chi connectivity index (χ2n) is 7.68. The van der Waals surface area contributed by atoms with Gasteiger partial charge in [-0.05, 0) is 52.0 Å². The van der Waals surface area contributed by atoms with Crippen LogP contribution in [0.5, 0.6) is 17.2 Å².